The number of benzene rings is 3. The van der Waals surface area contributed by atoms with Gasteiger partial charge in [-0.05, 0) is 47.1 Å². The lowest BCUT2D eigenvalue weighted by molar-refractivity contribution is -0.136. The molecule has 3 aromatic carbocycles. The van der Waals surface area contributed by atoms with Crippen molar-refractivity contribution in [3.8, 4) is 0 Å². The Hall–Kier alpha value is -4.31. The minimum atomic E-state index is -4.56. The Morgan fingerprint density at radius 1 is 0.911 bits per heavy atom. The van der Waals surface area contributed by atoms with Crippen molar-refractivity contribution in [2.45, 2.75) is 63.1 Å². The van der Waals surface area contributed by atoms with Crippen molar-refractivity contribution in [1.29, 1.82) is 0 Å². The molecule has 2 amide bonds. The molecule has 12 heteroatoms. The van der Waals surface area contributed by atoms with Gasteiger partial charge in [0, 0.05) is 18.3 Å². The number of carbonyl (C=O) groups is 3. The van der Waals surface area contributed by atoms with Gasteiger partial charge in [-0.3, -0.25) is 18.9 Å². The summed E-state index contributed by atoms with van der Waals surface area (Å²) in [7, 11) is -4.56. The van der Waals surface area contributed by atoms with Crippen LogP contribution in [-0.4, -0.2) is 61.3 Å². The lowest BCUT2D eigenvalue weighted by Crippen LogP contribution is -2.55. The number of nitrogens with one attached hydrogen (secondary N) is 3. The van der Waals surface area contributed by atoms with Crippen LogP contribution in [0.5, 0.6) is 0 Å². The number of fused-ring (bicyclic) bond motifs is 1. The maximum absolute atomic E-state index is 13.9. The van der Waals surface area contributed by atoms with Gasteiger partial charge < -0.3 is 31.4 Å². The molecule has 1 aromatic heterocycles. The highest BCUT2D eigenvalue weighted by Gasteiger charge is 2.45. The number of nitrogens with zero attached hydrogens (tertiary/aromatic N) is 1. The Morgan fingerprint density at radius 3 is 2.27 bits per heavy atom. The molecule has 0 bridgehead atoms. The number of aromatic amines is 1. The summed E-state index contributed by atoms with van der Waals surface area (Å²) < 4.78 is 13.9. The molecule has 0 fully saturated rings. The second-order valence-corrected chi connectivity index (χ2v) is 14.3. The van der Waals surface area contributed by atoms with E-state index in [1.54, 1.807) is 30.3 Å². The number of hydrogen-bond donors (Lipinski definition) is 6. The number of carboxylic acids is 1. The molecule has 3 unspecified atom stereocenters. The molecule has 11 nitrogen and oxygen atoms in total. The van der Waals surface area contributed by atoms with Gasteiger partial charge in [0.05, 0.1) is 12.4 Å². The minimum absolute atomic E-state index is 0.00490. The van der Waals surface area contributed by atoms with Crippen molar-refractivity contribution in [1.82, 2.24) is 20.6 Å². The molecule has 1 heterocycles. The van der Waals surface area contributed by atoms with Crippen molar-refractivity contribution >= 4 is 35.9 Å². The predicted molar refractivity (Wildman–Crippen MR) is 173 cm³/mol. The Labute approximate surface area is 262 Å². The third kappa shape index (κ3) is 8.88. The summed E-state index contributed by atoms with van der Waals surface area (Å²) >= 11 is 0. The zero-order valence-corrected chi connectivity index (χ0v) is 26.2. The van der Waals surface area contributed by atoms with Gasteiger partial charge in [-0.15, -0.1) is 0 Å². The first-order valence-electron chi connectivity index (χ1n) is 14.8. The largest absolute Gasteiger partial charge is 0.481 e. The van der Waals surface area contributed by atoms with Gasteiger partial charge >= 0.3 is 5.97 Å². The van der Waals surface area contributed by atoms with Crippen LogP contribution in [0.2, 0.25) is 0 Å². The number of hydrogen-bond acceptors (Lipinski definition) is 6. The molecular weight excluding hydrogens is 593 g/mol. The minimum Gasteiger partial charge on any atom is -0.481 e. The van der Waals surface area contributed by atoms with Gasteiger partial charge in [-0.2, -0.15) is 0 Å². The number of carbonyl (C=O) groups excluding carboxylic acids is 2. The quantitative estimate of drug-likeness (QED) is 0.107. The first kappa shape index (κ1) is 33.6. The topological polar surface area (TPSA) is 187 Å². The molecule has 238 valence electrons. The number of rotatable bonds is 15. The van der Waals surface area contributed by atoms with Crippen LogP contribution in [0.3, 0.4) is 0 Å². The Morgan fingerprint density at radius 2 is 1.60 bits per heavy atom. The highest BCUT2D eigenvalue weighted by molar-refractivity contribution is 7.60. The fourth-order valence-corrected chi connectivity index (χ4v) is 7.61. The molecule has 45 heavy (non-hydrogen) atoms. The maximum Gasteiger partial charge on any atom is 0.316 e. The highest BCUT2D eigenvalue weighted by atomic mass is 31.2. The van der Waals surface area contributed by atoms with Gasteiger partial charge in [-0.25, -0.2) is 4.98 Å². The van der Waals surface area contributed by atoms with E-state index in [9.17, 15) is 28.9 Å². The third-order valence-corrected chi connectivity index (χ3v) is 10.3. The zero-order valence-electron chi connectivity index (χ0n) is 25.3. The van der Waals surface area contributed by atoms with Crippen LogP contribution >= 0.6 is 7.37 Å². The summed E-state index contributed by atoms with van der Waals surface area (Å²) in [5.41, 5.74) is 6.68. The molecule has 0 spiro atoms. The van der Waals surface area contributed by atoms with Gasteiger partial charge in [-0.1, -0.05) is 86.6 Å². The Kier molecular flexibility index (Phi) is 11.3. The monoisotopic (exact) mass is 633 g/mol. The first-order chi connectivity index (χ1) is 21.5. The molecule has 4 rings (SSSR count). The van der Waals surface area contributed by atoms with E-state index in [1.807, 2.05) is 56.3 Å². The van der Waals surface area contributed by atoms with Crippen LogP contribution in [0.15, 0.2) is 85.3 Å². The van der Waals surface area contributed by atoms with Crippen molar-refractivity contribution in [3.63, 3.8) is 0 Å². The van der Waals surface area contributed by atoms with E-state index < -0.39 is 48.7 Å². The van der Waals surface area contributed by atoms with Gasteiger partial charge in [0.25, 0.3) is 0 Å². The number of aliphatic carboxylic acids is 1. The summed E-state index contributed by atoms with van der Waals surface area (Å²) in [5, 5.41) is 17.3. The second-order valence-electron chi connectivity index (χ2n) is 11.7. The first-order valence-corrected chi connectivity index (χ1v) is 16.6. The molecule has 0 radical (unpaired) electrons. The molecule has 0 aliphatic heterocycles. The van der Waals surface area contributed by atoms with E-state index in [0.717, 1.165) is 16.3 Å². The van der Waals surface area contributed by atoms with Crippen molar-refractivity contribution in [2.75, 3.05) is 0 Å². The number of imidazole rings is 1. The smallest absolute Gasteiger partial charge is 0.316 e. The number of carboxylic acid groups (broad SMARTS) is 1. The van der Waals surface area contributed by atoms with E-state index in [1.165, 1.54) is 12.5 Å². The fraction of sp³-hybridized carbons (Fsp3) is 0.333. The highest BCUT2D eigenvalue weighted by Crippen LogP contribution is 2.53. The van der Waals surface area contributed by atoms with Crippen LogP contribution in [0.25, 0.3) is 10.8 Å². The summed E-state index contributed by atoms with van der Waals surface area (Å²) in [4.78, 5) is 57.7. The predicted octanol–water partition coefficient (Wildman–Crippen LogP) is 3.61. The molecule has 0 aliphatic rings. The average molecular weight is 634 g/mol. The van der Waals surface area contributed by atoms with Crippen LogP contribution in [-0.2, 0) is 38.2 Å². The molecule has 0 saturated carbocycles. The molecule has 5 atom stereocenters. The molecular formula is C33H40N5O6P. The van der Waals surface area contributed by atoms with Gasteiger partial charge in [0.1, 0.15) is 17.5 Å². The van der Waals surface area contributed by atoms with Crippen molar-refractivity contribution in [2.24, 2.45) is 11.7 Å². The number of amides is 2. The Bertz CT molecular complexity index is 1640. The normalized spacial score (nSPS) is 15.5. The van der Waals surface area contributed by atoms with Gasteiger partial charge in [0.2, 0.25) is 19.2 Å². The zero-order chi connectivity index (χ0) is 32.6. The van der Waals surface area contributed by atoms with Crippen LogP contribution in [0.4, 0.5) is 0 Å². The molecule has 4 aromatic rings. The second kappa shape index (κ2) is 15.1. The SMILES string of the molecule is CC(C)CC(NC(=O)[C@H](Cc1cnc[nH]1)NC(=O)[C@H](N)Cc1cccc2ccccc12)P(=O)(O)C(Cc1ccccc1)C(=O)O. The average Bonchev–Trinajstić information content (AvgIpc) is 3.52. The summed E-state index contributed by atoms with van der Waals surface area (Å²) in [6, 6.07) is 19.9. The fourth-order valence-electron chi connectivity index (χ4n) is 5.35. The van der Waals surface area contributed by atoms with Crippen molar-refractivity contribution in [3.05, 3.63) is 102 Å². The molecule has 0 aliphatic carbocycles. The van der Waals surface area contributed by atoms with E-state index in [0.29, 0.717) is 11.3 Å². The summed E-state index contributed by atoms with van der Waals surface area (Å²) in [5.74, 6) is -4.28. The number of H-pyrrole nitrogens is 1. The van der Waals surface area contributed by atoms with E-state index >= 15 is 0 Å². The van der Waals surface area contributed by atoms with E-state index in [-0.39, 0.29) is 31.6 Å². The molecule has 7 N–H and O–H groups in total. The number of nitrogens with two attached hydrogens (primary N) is 1. The van der Waals surface area contributed by atoms with Crippen LogP contribution in [0.1, 0.15) is 37.1 Å². The molecule has 0 saturated heterocycles. The van der Waals surface area contributed by atoms with Crippen LogP contribution < -0.4 is 16.4 Å². The number of aromatic nitrogens is 2. The van der Waals surface area contributed by atoms with Crippen molar-refractivity contribution < 1.29 is 28.9 Å². The lowest BCUT2D eigenvalue weighted by atomic mass is 9.98. The third-order valence-electron chi connectivity index (χ3n) is 7.72. The van der Waals surface area contributed by atoms with E-state index in [4.69, 9.17) is 5.73 Å². The van der Waals surface area contributed by atoms with Crippen LogP contribution in [0, 0.1) is 5.92 Å². The summed E-state index contributed by atoms with van der Waals surface area (Å²) in [6.45, 7) is 3.62. The van der Waals surface area contributed by atoms with Gasteiger partial charge in [0.15, 0.2) is 0 Å². The standard InChI is InChI=1S/C33H40N5O6P/c1-21(2)15-30(45(43,44)29(33(41)42)16-22-9-4-3-5-10-22)38-32(40)28(18-25-19-35-20-36-25)37-31(39)27(34)17-24-13-8-12-23-11-6-7-14-26(23)24/h3-14,19-21,27-30H,15-18,34H2,1-2H3,(H,35,36)(H,37,39)(H,38,40)(H,41,42)(H,43,44)/t27-,28+,29?,30?/m1/s1. The maximum atomic E-state index is 13.9. The Balaban J connectivity index is 1.55. The summed E-state index contributed by atoms with van der Waals surface area (Å²) in [6.07, 6.45) is 3.01. The lowest BCUT2D eigenvalue weighted by Gasteiger charge is -2.31. The van der Waals surface area contributed by atoms with E-state index in [2.05, 4.69) is 20.6 Å².